The van der Waals surface area contributed by atoms with E-state index in [1.807, 2.05) is 72.8 Å². The van der Waals surface area contributed by atoms with Gasteiger partial charge in [0, 0.05) is 27.7 Å². The molecule has 1 atom stereocenters. The highest BCUT2D eigenvalue weighted by Crippen LogP contribution is 2.30. The maximum Gasteiger partial charge on any atom is 0.241 e. The lowest BCUT2D eigenvalue weighted by Gasteiger charge is -2.22. The van der Waals surface area contributed by atoms with Crippen molar-refractivity contribution in [3.63, 3.8) is 0 Å². The molecule has 1 fully saturated rings. The van der Waals surface area contributed by atoms with Crippen molar-refractivity contribution in [1.82, 2.24) is 25.1 Å². The number of aromatic nitrogens is 4. The number of methoxy groups -OCH3 is 1. The molecule has 0 aliphatic carbocycles. The van der Waals surface area contributed by atoms with Crippen LogP contribution in [0.5, 0.6) is 5.75 Å². The number of hydrogen-bond acceptors (Lipinski definition) is 7. The molecule has 2 aromatic heterocycles. The third-order valence-corrected chi connectivity index (χ3v) is 6.63. The molecule has 3 aromatic carbocycles. The van der Waals surface area contributed by atoms with Gasteiger partial charge in [0.05, 0.1) is 13.2 Å². The largest absolute Gasteiger partial charge is 0.497 e. The van der Waals surface area contributed by atoms with Gasteiger partial charge < -0.3 is 20.7 Å². The Morgan fingerprint density at radius 3 is 2.57 bits per heavy atom. The molecule has 0 radical (unpaired) electrons. The first-order valence-corrected chi connectivity index (χ1v) is 12.4. The van der Waals surface area contributed by atoms with Gasteiger partial charge in [0.25, 0.3) is 0 Å². The lowest BCUT2D eigenvalue weighted by atomic mass is 10.0. The molecule has 3 N–H and O–H groups in total. The van der Waals surface area contributed by atoms with Gasteiger partial charge in [-0.05, 0) is 61.9 Å². The van der Waals surface area contributed by atoms with Crippen molar-refractivity contribution in [2.45, 2.75) is 25.3 Å². The topological polar surface area (TPSA) is 105 Å². The number of fused-ring (bicyclic) bond motifs is 3. The minimum Gasteiger partial charge on any atom is -0.497 e. The van der Waals surface area contributed by atoms with Crippen molar-refractivity contribution in [2.75, 3.05) is 24.3 Å². The molecule has 0 spiro atoms. The molecule has 1 amide bonds. The number of carbonyl (C=O) groups excluding carboxylic acids is 1. The summed E-state index contributed by atoms with van der Waals surface area (Å²) in [7, 11) is 1.64. The number of nitrogens with zero attached hydrogens (tertiary/aromatic N) is 4. The van der Waals surface area contributed by atoms with Gasteiger partial charge in [-0.15, -0.1) is 15.3 Å². The minimum absolute atomic E-state index is 0.00420. The first-order chi connectivity index (χ1) is 18.2. The van der Waals surface area contributed by atoms with Gasteiger partial charge in [-0.25, -0.2) is 0 Å². The zero-order valence-corrected chi connectivity index (χ0v) is 20.4. The van der Waals surface area contributed by atoms with Gasteiger partial charge in [0.1, 0.15) is 5.75 Å². The van der Waals surface area contributed by atoms with E-state index in [4.69, 9.17) is 9.84 Å². The fraction of sp³-hybridized carbons (Fsp3) is 0.214. The van der Waals surface area contributed by atoms with Crippen LogP contribution in [-0.2, 0) is 4.79 Å². The SMILES string of the molecule is COc1ccc(-c2nnc3c4ccccc4c(Nc4cccc(NC(=O)C5CCCCN5)c4)nn23)cc1. The fourth-order valence-corrected chi connectivity index (χ4v) is 4.71. The zero-order valence-electron chi connectivity index (χ0n) is 20.4. The maximum atomic E-state index is 12.7. The Labute approximate surface area is 213 Å². The highest BCUT2D eigenvalue weighted by molar-refractivity contribution is 6.01. The van der Waals surface area contributed by atoms with Gasteiger partial charge in [0.2, 0.25) is 5.91 Å². The Hall–Kier alpha value is -4.50. The smallest absolute Gasteiger partial charge is 0.241 e. The number of rotatable bonds is 6. The summed E-state index contributed by atoms with van der Waals surface area (Å²) >= 11 is 0. The number of nitrogens with one attached hydrogen (secondary N) is 3. The van der Waals surface area contributed by atoms with Crippen molar-refractivity contribution >= 4 is 39.5 Å². The number of hydrogen-bond donors (Lipinski definition) is 3. The van der Waals surface area contributed by atoms with Crippen molar-refractivity contribution < 1.29 is 9.53 Å². The fourth-order valence-electron chi connectivity index (χ4n) is 4.71. The average Bonchev–Trinajstić information content (AvgIpc) is 3.38. The molecule has 37 heavy (non-hydrogen) atoms. The monoisotopic (exact) mass is 493 g/mol. The summed E-state index contributed by atoms with van der Waals surface area (Å²) in [5.74, 6) is 2.06. The number of ether oxygens (including phenoxy) is 1. The second kappa shape index (κ2) is 9.87. The van der Waals surface area contributed by atoms with E-state index in [1.54, 1.807) is 11.6 Å². The van der Waals surface area contributed by atoms with E-state index in [0.29, 0.717) is 17.3 Å². The third kappa shape index (κ3) is 4.56. The Bertz CT molecular complexity index is 1570. The highest BCUT2D eigenvalue weighted by atomic mass is 16.5. The van der Waals surface area contributed by atoms with Gasteiger partial charge in [-0.3, -0.25) is 4.79 Å². The van der Waals surface area contributed by atoms with Crippen molar-refractivity contribution in [3.05, 3.63) is 72.8 Å². The number of anilines is 3. The average molecular weight is 494 g/mol. The van der Waals surface area contributed by atoms with Crippen LogP contribution >= 0.6 is 0 Å². The second-order valence-corrected chi connectivity index (χ2v) is 9.08. The van der Waals surface area contributed by atoms with Crippen LogP contribution < -0.4 is 20.7 Å². The number of amides is 1. The number of piperidine rings is 1. The Balaban J connectivity index is 1.35. The van der Waals surface area contributed by atoms with Gasteiger partial charge in [-0.1, -0.05) is 36.8 Å². The summed E-state index contributed by atoms with van der Waals surface area (Å²) in [6, 6.07) is 23.1. The zero-order chi connectivity index (χ0) is 25.2. The maximum absolute atomic E-state index is 12.7. The predicted molar refractivity (Wildman–Crippen MR) is 144 cm³/mol. The lowest BCUT2D eigenvalue weighted by molar-refractivity contribution is -0.118. The lowest BCUT2D eigenvalue weighted by Crippen LogP contribution is -2.43. The quantitative estimate of drug-likeness (QED) is 0.313. The normalized spacial score (nSPS) is 15.5. The molecule has 186 valence electrons. The molecule has 9 nitrogen and oxygen atoms in total. The van der Waals surface area contributed by atoms with E-state index in [-0.39, 0.29) is 11.9 Å². The van der Waals surface area contributed by atoms with E-state index < -0.39 is 0 Å². The molecule has 0 bridgehead atoms. The molecule has 5 aromatic rings. The van der Waals surface area contributed by atoms with Gasteiger partial charge in [0.15, 0.2) is 17.3 Å². The second-order valence-electron chi connectivity index (χ2n) is 9.08. The molecule has 6 rings (SSSR count). The molecular formula is C28H27N7O2. The molecular weight excluding hydrogens is 466 g/mol. The molecule has 0 saturated carbocycles. The summed E-state index contributed by atoms with van der Waals surface area (Å²) in [6.45, 7) is 0.878. The Morgan fingerprint density at radius 1 is 0.973 bits per heavy atom. The van der Waals surface area contributed by atoms with E-state index in [2.05, 4.69) is 26.1 Å². The van der Waals surface area contributed by atoms with Crippen LogP contribution in [0.25, 0.3) is 27.8 Å². The van der Waals surface area contributed by atoms with Crippen molar-refractivity contribution in [3.8, 4) is 17.1 Å². The van der Waals surface area contributed by atoms with E-state index in [9.17, 15) is 4.79 Å². The van der Waals surface area contributed by atoms with E-state index in [1.165, 1.54) is 0 Å². The van der Waals surface area contributed by atoms with Crippen LogP contribution in [0.1, 0.15) is 19.3 Å². The molecule has 9 heteroatoms. The molecule has 1 aliphatic heterocycles. The summed E-state index contributed by atoms with van der Waals surface area (Å²) in [6.07, 6.45) is 3.03. The van der Waals surface area contributed by atoms with Crippen molar-refractivity contribution in [2.24, 2.45) is 0 Å². The first-order valence-electron chi connectivity index (χ1n) is 12.4. The van der Waals surface area contributed by atoms with Crippen LogP contribution in [0.2, 0.25) is 0 Å². The molecule has 1 saturated heterocycles. The minimum atomic E-state index is -0.150. The Kier molecular flexibility index (Phi) is 6.11. The van der Waals surface area contributed by atoms with Crippen LogP contribution in [0.4, 0.5) is 17.2 Å². The van der Waals surface area contributed by atoms with Crippen LogP contribution in [0.3, 0.4) is 0 Å². The summed E-state index contributed by atoms with van der Waals surface area (Å²) in [5, 5.41) is 25.4. The predicted octanol–water partition coefficient (Wildman–Crippen LogP) is 4.78. The van der Waals surface area contributed by atoms with Gasteiger partial charge >= 0.3 is 0 Å². The van der Waals surface area contributed by atoms with Gasteiger partial charge in [-0.2, -0.15) is 4.52 Å². The number of benzene rings is 3. The van der Waals surface area contributed by atoms with Crippen LogP contribution in [0.15, 0.2) is 72.8 Å². The van der Waals surface area contributed by atoms with E-state index in [0.717, 1.165) is 59.3 Å². The highest BCUT2D eigenvalue weighted by Gasteiger charge is 2.21. The third-order valence-electron chi connectivity index (χ3n) is 6.63. The summed E-state index contributed by atoms with van der Waals surface area (Å²) in [5.41, 5.74) is 3.09. The molecule has 1 unspecified atom stereocenters. The Morgan fingerprint density at radius 2 is 1.78 bits per heavy atom. The first kappa shape index (κ1) is 22.9. The summed E-state index contributed by atoms with van der Waals surface area (Å²) < 4.78 is 7.04. The molecule has 1 aliphatic rings. The molecule has 3 heterocycles. The van der Waals surface area contributed by atoms with E-state index >= 15 is 0 Å². The standard InChI is InChI=1S/C28H27N7O2/c1-37-21-14-12-18(13-15-21)26-32-33-27-23-10-3-2-9-22(23)25(34-35(26)27)30-19-7-6-8-20(17-19)31-28(36)24-11-4-5-16-29-24/h2-3,6-10,12-15,17,24,29H,4-5,11,16H2,1H3,(H,30,34)(H,31,36). The number of carbonyl (C=O) groups is 1. The van der Waals surface area contributed by atoms with Crippen LogP contribution in [0, 0.1) is 0 Å². The van der Waals surface area contributed by atoms with Crippen molar-refractivity contribution in [1.29, 1.82) is 0 Å². The summed E-state index contributed by atoms with van der Waals surface area (Å²) in [4.78, 5) is 12.7. The van der Waals surface area contributed by atoms with Crippen LogP contribution in [-0.4, -0.2) is 45.4 Å².